The summed E-state index contributed by atoms with van der Waals surface area (Å²) in [6, 6.07) is 7.02. The van der Waals surface area contributed by atoms with Gasteiger partial charge >= 0.3 is 6.03 Å². The maximum atomic E-state index is 11.7. The van der Waals surface area contributed by atoms with Crippen LogP contribution in [0, 0.1) is 5.92 Å². The first-order valence-electron chi connectivity index (χ1n) is 6.33. The Bertz CT molecular complexity index is 432. The number of nitrogens with one attached hydrogen (secondary N) is 2. The molecule has 0 aliphatic carbocycles. The largest absolute Gasteiger partial charge is 0.337 e. The predicted octanol–water partition coefficient (Wildman–Crippen LogP) is 3.58. The minimum Gasteiger partial charge on any atom is -0.337 e. The van der Waals surface area contributed by atoms with Crippen molar-refractivity contribution in [2.24, 2.45) is 5.92 Å². The number of anilines is 1. The quantitative estimate of drug-likeness (QED) is 0.839. The lowest BCUT2D eigenvalue weighted by atomic mass is 10.00. The molecular weight excluding hydrogens is 308 g/mol. The summed E-state index contributed by atoms with van der Waals surface area (Å²) in [5.41, 5.74) is 0.718. The highest BCUT2D eigenvalue weighted by molar-refractivity contribution is 9.10. The van der Waals surface area contributed by atoms with Gasteiger partial charge in [-0.15, -0.1) is 0 Å². The molecule has 1 rings (SSSR count). The zero-order valence-corrected chi connectivity index (χ0v) is 12.8. The second-order valence-corrected chi connectivity index (χ2v) is 5.35. The van der Waals surface area contributed by atoms with Gasteiger partial charge in [-0.1, -0.05) is 29.3 Å². The van der Waals surface area contributed by atoms with E-state index < -0.39 is 0 Å². The Morgan fingerprint density at radius 3 is 2.42 bits per heavy atom. The van der Waals surface area contributed by atoms with Crippen LogP contribution in [-0.4, -0.2) is 18.4 Å². The van der Waals surface area contributed by atoms with E-state index in [9.17, 15) is 9.59 Å². The standard InChI is InChI=1S/C14H19BrN2O2/c1-3-4-11(10(2)18)9-16-14(19)17-13-7-5-12(15)6-8-13/h5-8,11H,3-4,9H2,1-2H3,(H2,16,17,19). The number of hydrogen-bond donors (Lipinski definition) is 2. The first-order chi connectivity index (χ1) is 9.02. The van der Waals surface area contributed by atoms with Crippen molar-refractivity contribution >= 4 is 33.4 Å². The van der Waals surface area contributed by atoms with Gasteiger partial charge in [-0.3, -0.25) is 4.79 Å². The number of carbonyl (C=O) groups is 2. The van der Waals surface area contributed by atoms with Crippen LogP contribution in [0.5, 0.6) is 0 Å². The molecule has 0 aromatic heterocycles. The Morgan fingerprint density at radius 1 is 1.26 bits per heavy atom. The van der Waals surface area contributed by atoms with Crippen LogP contribution >= 0.6 is 15.9 Å². The third-order valence-electron chi connectivity index (χ3n) is 2.82. The first-order valence-corrected chi connectivity index (χ1v) is 7.13. The fourth-order valence-electron chi connectivity index (χ4n) is 1.72. The molecule has 0 spiro atoms. The van der Waals surface area contributed by atoms with Crippen molar-refractivity contribution in [1.29, 1.82) is 0 Å². The average Bonchev–Trinajstić information content (AvgIpc) is 2.37. The van der Waals surface area contributed by atoms with Crippen molar-refractivity contribution in [3.8, 4) is 0 Å². The molecule has 19 heavy (non-hydrogen) atoms. The second-order valence-electron chi connectivity index (χ2n) is 4.44. The summed E-state index contributed by atoms with van der Waals surface area (Å²) < 4.78 is 0.957. The molecule has 1 aromatic carbocycles. The molecular formula is C14H19BrN2O2. The van der Waals surface area contributed by atoms with Crippen molar-refractivity contribution in [3.05, 3.63) is 28.7 Å². The van der Waals surface area contributed by atoms with Crippen molar-refractivity contribution in [2.75, 3.05) is 11.9 Å². The summed E-state index contributed by atoms with van der Waals surface area (Å²) in [7, 11) is 0. The molecule has 0 heterocycles. The van der Waals surface area contributed by atoms with Gasteiger partial charge in [-0.05, 0) is 37.6 Å². The third kappa shape index (κ3) is 5.87. The van der Waals surface area contributed by atoms with Gasteiger partial charge in [0.2, 0.25) is 0 Å². The number of ketones is 1. The molecule has 0 saturated heterocycles. The van der Waals surface area contributed by atoms with E-state index >= 15 is 0 Å². The van der Waals surface area contributed by atoms with E-state index in [1.165, 1.54) is 0 Å². The van der Waals surface area contributed by atoms with Crippen LogP contribution in [0.25, 0.3) is 0 Å². The first kappa shape index (κ1) is 15.7. The minimum atomic E-state index is -0.287. The number of amides is 2. The van der Waals surface area contributed by atoms with E-state index in [1.807, 2.05) is 19.1 Å². The predicted molar refractivity (Wildman–Crippen MR) is 80.2 cm³/mol. The molecule has 0 fully saturated rings. The van der Waals surface area contributed by atoms with E-state index in [4.69, 9.17) is 0 Å². The topological polar surface area (TPSA) is 58.2 Å². The fraction of sp³-hybridized carbons (Fsp3) is 0.429. The van der Waals surface area contributed by atoms with Gasteiger partial charge in [0, 0.05) is 22.6 Å². The van der Waals surface area contributed by atoms with Gasteiger partial charge in [0.15, 0.2) is 0 Å². The van der Waals surface area contributed by atoms with Crippen LogP contribution in [0.1, 0.15) is 26.7 Å². The molecule has 5 heteroatoms. The van der Waals surface area contributed by atoms with Crippen molar-refractivity contribution in [2.45, 2.75) is 26.7 Å². The van der Waals surface area contributed by atoms with Crippen molar-refractivity contribution in [3.63, 3.8) is 0 Å². The van der Waals surface area contributed by atoms with Gasteiger partial charge < -0.3 is 10.6 Å². The number of halogens is 1. The third-order valence-corrected chi connectivity index (χ3v) is 3.35. The summed E-state index contributed by atoms with van der Waals surface area (Å²) in [4.78, 5) is 23.0. The molecule has 1 unspecified atom stereocenters. The van der Waals surface area contributed by atoms with Crippen LogP contribution in [0.15, 0.2) is 28.7 Å². The number of hydrogen-bond acceptors (Lipinski definition) is 2. The van der Waals surface area contributed by atoms with Crippen LogP contribution < -0.4 is 10.6 Å². The monoisotopic (exact) mass is 326 g/mol. The molecule has 0 aliphatic rings. The summed E-state index contributed by atoms with van der Waals surface area (Å²) in [5.74, 6) is 0.0199. The van der Waals surface area contributed by atoms with Crippen LogP contribution in [0.2, 0.25) is 0 Å². The normalized spacial score (nSPS) is 11.7. The lowest BCUT2D eigenvalue weighted by Crippen LogP contribution is -2.35. The zero-order chi connectivity index (χ0) is 14.3. The van der Waals surface area contributed by atoms with Crippen molar-refractivity contribution < 1.29 is 9.59 Å². The van der Waals surface area contributed by atoms with Crippen molar-refractivity contribution in [1.82, 2.24) is 5.32 Å². The fourth-order valence-corrected chi connectivity index (χ4v) is 1.99. The zero-order valence-electron chi connectivity index (χ0n) is 11.2. The van der Waals surface area contributed by atoms with E-state index in [0.29, 0.717) is 6.54 Å². The Hall–Kier alpha value is -1.36. The van der Waals surface area contributed by atoms with E-state index in [0.717, 1.165) is 23.0 Å². The van der Waals surface area contributed by atoms with Gasteiger partial charge in [0.1, 0.15) is 5.78 Å². The molecule has 0 aliphatic heterocycles. The van der Waals surface area contributed by atoms with E-state index in [-0.39, 0.29) is 17.7 Å². The summed E-state index contributed by atoms with van der Waals surface area (Å²) >= 11 is 3.33. The number of carbonyl (C=O) groups excluding carboxylic acids is 2. The number of Topliss-reactive ketones (excluding diaryl/α,β-unsaturated/α-hetero) is 1. The van der Waals surface area contributed by atoms with Gasteiger partial charge in [0.25, 0.3) is 0 Å². The highest BCUT2D eigenvalue weighted by Gasteiger charge is 2.14. The highest BCUT2D eigenvalue weighted by atomic mass is 79.9. The SMILES string of the molecule is CCCC(CNC(=O)Nc1ccc(Br)cc1)C(C)=O. The molecule has 1 aromatic rings. The Morgan fingerprint density at radius 2 is 1.89 bits per heavy atom. The Balaban J connectivity index is 2.42. The van der Waals surface area contributed by atoms with E-state index in [1.54, 1.807) is 19.1 Å². The maximum absolute atomic E-state index is 11.7. The molecule has 4 nitrogen and oxygen atoms in total. The van der Waals surface area contributed by atoms with E-state index in [2.05, 4.69) is 26.6 Å². The molecule has 0 radical (unpaired) electrons. The molecule has 104 valence electrons. The van der Waals surface area contributed by atoms with Gasteiger partial charge in [-0.25, -0.2) is 4.79 Å². The summed E-state index contributed by atoms with van der Waals surface area (Å²) in [5, 5.41) is 5.45. The van der Waals surface area contributed by atoms with Gasteiger partial charge in [-0.2, -0.15) is 0 Å². The maximum Gasteiger partial charge on any atom is 0.319 e. The van der Waals surface area contributed by atoms with Crippen LogP contribution in [-0.2, 0) is 4.79 Å². The highest BCUT2D eigenvalue weighted by Crippen LogP contribution is 2.14. The smallest absolute Gasteiger partial charge is 0.319 e. The summed E-state index contributed by atoms with van der Waals surface area (Å²) in [6.07, 6.45) is 1.73. The average molecular weight is 327 g/mol. The summed E-state index contributed by atoms with van der Waals surface area (Å²) in [6.45, 7) is 3.97. The van der Waals surface area contributed by atoms with Crippen LogP contribution in [0.3, 0.4) is 0 Å². The molecule has 2 amide bonds. The molecule has 0 saturated carbocycles. The second kappa shape index (κ2) is 7.94. The van der Waals surface area contributed by atoms with Gasteiger partial charge in [0.05, 0.1) is 0 Å². The number of rotatable bonds is 6. The minimum absolute atomic E-state index is 0.0966. The number of urea groups is 1. The lowest BCUT2D eigenvalue weighted by Gasteiger charge is -2.14. The lowest BCUT2D eigenvalue weighted by molar-refractivity contribution is -0.120. The Labute approximate surface area is 122 Å². The molecule has 2 N–H and O–H groups in total. The Kier molecular flexibility index (Phi) is 6.56. The molecule has 0 bridgehead atoms. The molecule has 1 atom stereocenters. The number of benzene rings is 1. The van der Waals surface area contributed by atoms with Crippen LogP contribution in [0.4, 0.5) is 10.5 Å².